The van der Waals surface area contributed by atoms with Crippen LogP contribution in [0.5, 0.6) is 0 Å². The van der Waals surface area contributed by atoms with Crippen molar-refractivity contribution in [2.75, 3.05) is 26.0 Å². The summed E-state index contributed by atoms with van der Waals surface area (Å²) in [5.74, 6) is 1.07. The average Bonchev–Trinajstić information content (AvgIpc) is 3.12. The fourth-order valence-corrected chi connectivity index (χ4v) is 3.31. The summed E-state index contributed by atoms with van der Waals surface area (Å²) in [6.07, 6.45) is 0. The second-order valence-corrected chi connectivity index (χ2v) is 6.59. The Morgan fingerprint density at radius 2 is 1.73 bits per heavy atom. The van der Waals surface area contributed by atoms with E-state index >= 15 is 0 Å². The number of amides is 1. The van der Waals surface area contributed by atoms with E-state index in [2.05, 4.69) is 10.3 Å². The van der Waals surface area contributed by atoms with E-state index in [0.717, 1.165) is 27.7 Å². The number of aromatic amines is 1. The third-order valence-electron chi connectivity index (χ3n) is 3.75. The van der Waals surface area contributed by atoms with Crippen molar-refractivity contribution in [2.45, 2.75) is 5.03 Å². The molecular formula is C20H21N3O2S. The Hall–Kier alpha value is -2.57. The van der Waals surface area contributed by atoms with Crippen molar-refractivity contribution in [3.05, 3.63) is 60.7 Å². The zero-order valence-corrected chi connectivity index (χ0v) is 15.4. The summed E-state index contributed by atoms with van der Waals surface area (Å²) in [6, 6.07) is 20.0. The molecule has 0 spiro atoms. The van der Waals surface area contributed by atoms with Crippen LogP contribution >= 0.6 is 11.8 Å². The van der Waals surface area contributed by atoms with Crippen LogP contribution in [0.1, 0.15) is 0 Å². The van der Waals surface area contributed by atoms with Crippen LogP contribution in [0, 0.1) is 0 Å². The number of methoxy groups -OCH3 is 1. The lowest BCUT2D eigenvalue weighted by atomic mass is 10.2. The molecule has 0 aliphatic carbocycles. The number of thioether (sulfide) groups is 1. The number of nitrogens with one attached hydrogen (secondary N) is 2. The number of hydrogen-bond acceptors (Lipinski definition) is 4. The van der Waals surface area contributed by atoms with Gasteiger partial charge in [0.05, 0.1) is 18.1 Å². The molecule has 0 bridgehead atoms. The van der Waals surface area contributed by atoms with Gasteiger partial charge in [-0.05, 0) is 0 Å². The minimum absolute atomic E-state index is 0.0321. The van der Waals surface area contributed by atoms with Crippen molar-refractivity contribution in [3.8, 4) is 22.6 Å². The zero-order valence-electron chi connectivity index (χ0n) is 14.6. The van der Waals surface area contributed by atoms with E-state index in [1.54, 1.807) is 7.11 Å². The van der Waals surface area contributed by atoms with Crippen LogP contribution in [-0.4, -0.2) is 41.9 Å². The number of H-pyrrole nitrogens is 1. The van der Waals surface area contributed by atoms with Crippen LogP contribution in [0.25, 0.3) is 22.6 Å². The summed E-state index contributed by atoms with van der Waals surface area (Å²) in [4.78, 5) is 20.1. The molecule has 6 heteroatoms. The Balaban J connectivity index is 1.81. The Bertz CT molecular complexity index is 835. The number of carbonyl (C=O) groups excluding carboxylic acids is 1. The zero-order chi connectivity index (χ0) is 18.2. The molecule has 134 valence electrons. The first kappa shape index (κ1) is 18.2. The minimum atomic E-state index is -0.0321. The lowest BCUT2D eigenvalue weighted by Crippen LogP contribution is -2.28. The maximum atomic E-state index is 12.0. The molecule has 3 aromatic rings. The predicted molar refractivity (Wildman–Crippen MR) is 105 cm³/mol. The summed E-state index contributed by atoms with van der Waals surface area (Å²) in [5.41, 5.74) is 2.99. The lowest BCUT2D eigenvalue weighted by molar-refractivity contribution is -0.118. The molecule has 5 nitrogen and oxygen atoms in total. The van der Waals surface area contributed by atoms with E-state index in [1.165, 1.54) is 11.8 Å². The van der Waals surface area contributed by atoms with E-state index in [9.17, 15) is 4.79 Å². The van der Waals surface area contributed by atoms with Crippen molar-refractivity contribution >= 4 is 17.7 Å². The summed E-state index contributed by atoms with van der Waals surface area (Å²) in [6.45, 7) is 1.02. The SMILES string of the molecule is COCCNC(=O)CSc1nc(-c2ccccc2)[nH]c1-c1ccccc1. The lowest BCUT2D eigenvalue weighted by Gasteiger charge is -2.04. The van der Waals surface area contributed by atoms with Crippen LogP contribution in [0.15, 0.2) is 65.7 Å². The Morgan fingerprint density at radius 1 is 1.08 bits per heavy atom. The summed E-state index contributed by atoms with van der Waals surface area (Å²) < 4.78 is 4.95. The predicted octanol–water partition coefficient (Wildman–Crippen LogP) is 3.60. The highest BCUT2D eigenvalue weighted by Gasteiger charge is 2.15. The first-order valence-corrected chi connectivity index (χ1v) is 9.36. The number of carbonyl (C=O) groups is 1. The van der Waals surface area contributed by atoms with Gasteiger partial charge in [0.2, 0.25) is 5.91 Å². The number of rotatable bonds is 8. The molecule has 2 aromatic carbocycles. The standard InChI is InChI=1S/C20H21N3O2S/c1-25-13-12-21-17(24)14-26-20-18(15-8-4-2-5-9-15)22-19(23-20)16-10-6-3-7-11-16/h2-11H,12-14H2,1H3,(H,21,24)(H,22,23). The number of aromatic nitrogens is 2. The minimum Gasteiger partial charge on any atom is -0.383 e. The van der Waals surface area contributed by atoms with Gasteiger partial charge in [-0.25, -0.2) is 4.98 Å². The van der Waals surface area contributed by atoms with E-state index in [0.29, 0.717) is 18.9 Å². The molecule has 0 fully saturated rings. The van der Waals surface area contributed by atoms with Gasteiger partial charge in [-0.1, -0.05) is 72.4 Å². The van der Waals surface area contributed by atoms with E-state index in [1.807, 2.05) is 60.7 Å². The quantitative estimate of drug-likeness (QED) is 0.472. The molecule has 0 saturated carbocycles. The maximum absolute atomic E-state index is 12.0. The molecule has 26 heavy (non-hydrogen) atoms. The van der Waals surface area contributed by atoms with Crippen LogP contribution in [0.2, 0.25) is 0 Å². The largest absolute Gasteiger partial charge is 0.383 e. The van der Waals surface area contributed by atoms with Crippen molar-refractivity contribution in [1.82, 2.24) is 15.3 Å². The molecule has 0 radical (unpaired) electrons. The number of hydrogen-bond donors (Lipinski definition) is 2. The Labute approximate surface area is 157 Å². The topological polar surface area (TPSA) is 67.0 Å². The van der Waals surface area contributed by atoms with Crippen LogP contribution in [-0.2, 0) is 9.53 Å². The molecule has 2 N–H and O–H groups in total. The summed E-state index contributed by atoms with van der Waals surface area (Å²) in [5, 5.41) is 3.65. The molecule has 0 aliphatic heterocycles. The van der Waals surface area contributed by atoms with Crippen molar-refractivity contribution < 1.29 is 9.53 Å². The first-order valence-electron chi connectivity index (χ1n) is 8.37. The average molecular weight is 367 g/mol. The molecule has 0 unspecified atom stereocenters. The molecule has 0 atom stereocenters. The van der Waals surface area contributed by atoms with Gasteiger partial charge >= 0.3 is 0 Å². The van der Waals surface area contributed by atoms with E-state index in [4.69, 9.17) is 9.72 Å². The third-order valence-corrected chi connectivity index (χ3v) is 4.72. The van der Waals surface area contributed by atoms with Gasteiger partial charge in [0.25, 0.3) is 0 Å². The van der Waals surface area contributed by atoms with Gasteiger partial charge in [-0.15, -0.1) is 0 Å². The van der Waals surface area contributed by atoms with Gasteiger partial charge in [0.15, 0.2) is 0 Å². The van der Waals surface area contributed by atoms with Crippen molar-refractivity contribution in [1.29, 1.82) is 0 Å². The summed E-state index contributed by atoms with van der Waals surface area (Å²) in [7, 11) is 1.61. The second kappa shape index (κ2) is 9.22. The normalized spacial score (nSPS) is 10.7. The number of benzene rings is 2. The third kappa shape index (κ3) is 4.74. The van der Waals surface area contributed by atoms with Crippen LogP contribution < -0.4 is 5.32 Å². The fraction of sp³-hybridized carbons (Fsp3) is 0.200. The highest BCUT2D eigenvalue weighted by Crippen LogP contribution is 2.32. The van der Waals surface area contributed by atoms with E-state index < -0.39 is 0 Å². The smallest absolute Gasteiger partial charge is 0.230 e. The highest BCUT2D eigenvalue weighted by molar-refractivity contribution is 8.00. The number of nitrogens with zero attached hydrogens (tertiary/aromatic N) is 1. The van der Waals surface area contributed by atoms with Gasteiger partial charge in [-0.3, -0.25) is 4.79 Å². The highest BCUT2D eigenvalue weighted by atomic mass is 32.2. The molecule has 0 aliphatic rings. The Morgan fingerprint density at radius 3 is 2.38 bits per heavy atom. The van der Waals surface area contributed by atoms with Gasteiger partial charge in [0, 0.05) is 24.8 Å². The van der Waals surface area contributed by atoms with Gasteiger partial charge in [-0.2, -0.15) is 0 Å². The molecular weight excluding hydrogens is 346 g/mol. The van der Waals surface area contributed by atoms with Gasteiger partial charge < -0.3 is 15.0 Å². The monoisotopic (exact) mass is 367 g/mol. The van der Waals surface area contributed by atoms with Crippen molar-refractivity contribution in [3.63, 3.8) is 0 Å². The Kier molecular flexibility index (Phi) is 6.46. The van der Waals surface area contributed by atoms with Gasteiger partial charge in [0.1, 0.15) is 10.9 Å². The van der Waals surface area contributed by atoms with Crippen molar-refractivity contribution in [2.24, 2.45) is 0 Å². The second-order valence-electron chi connectivity index (χ2n) is 5.63. The van der Waals surface area contributed by atoms with E-state index in [-0.39, 0.29) is 5.91 Å². The van der Waals surface area contributed by atoms with Crippen LogP contribution in [0.4, 0.5) is 0 Å². The molecule has 0 saturated heterocycles. The number of imidazole rings is 1. The number of ether oxygens (including phenoxy) is 1. The first-order chi connectivity index (χ1) is 12.8. The molecule has 1 heterocycles. The molecule has 3 rings (SSSR count). The maximum Gasteiger partial charge on any atom is 0.230 e. The van der Waals surface area contributed by atoms with Crippen LogP contribution in [0.3, 0.4) is 0 Å². The molecule has 1 amide bonds. The summed E-state index contributed by atoms with van der Waals surface area (Å²) >= 11 is 1.43. The fourth-order valence-electron chi connectivity index (χ4n) is 2.47. The molecule has 1 aromatic heterocycles.